The molecule has 1 saturated heterocycles. The van der Waals surface area contributed by atoms with Gasteiger partial charge in [0.2, 0.25) is 0 Å². The molecule has 3 N–H and O–H groups in total. The maximum absolute atomic E-state index is 13.2. The van der Waals surface area contributed by atoms with E-state index < -0.39 is 10.9 Å². The van der Waals surface area contributed by atoms with Crippen LogP contribution in [0.25, 0.3) is 0 Å². The highest BCUT2D eigenvalue weighted by atomic mass is 16.3. The number of benzene rings is 2. The molecule has 3 aromatic rings. The van der Waals surface area contributed by atoms with Crippen molar-refractivity contribution in [1.29, 1.82) is 0 Å². The largest absolute Gasteiger partial charge is 0.505 e. The summed E-state index contributed by atoms with van der Waals surface area (Å²) >= 11 is 0. The third-order valence-corrected chi connectivity index (χ3v) is 6.50. The summed E-state index contributed by atoms with van der Waals surface area (Å²) in [6.45, 7) is 3.28. The van der Waals surface area contributed by atoms with Gasteiger partial charge in [0.05, 0.1) is 17.3 Å². The van der Waals surface area contributed by atoms with Crippen LogP contribution in [0.3, 0.4) is 0 Å². The van der Waals surface area contributed by atoms with Gasteiger partial charge in [0, 0.05) is 40.3 Å². The quantitative estimate of drug-likeness (QED) is 0.250. The van der Waals surface area contributed by atoms with Gasteiger partial charge in [0.25, 0.3) is 16.8 Å². The highest BCUT2D eigenvalue weighted by Gasteiger charge is 2.29. The molecule has 3 aromatic carbocycles. The van der Waals surface area contributed by atoms with Crippen molar-refractivity contribution in [2.45, 2.75) is 13.0 Å². The van der Waals surface area contributed by atoms with Crippen molar-refractivity contribution in [3.63, 3.8) is 0 Å². The van der Waals surface area contributed by atoms with E-state index >= 15 is 0 Å². The fraction of sp³-hybridized carbons (Fsp3) is 0.286. The van der Waals surface area contributed by atoms with Gasteiger partial charge >= 0.3 is 6.03 Å². The van der Waals surface area contributed by atoms with Gasteiger partial charge < -0.3 is 30.4 Å². The number of hydrogen-bond donors (Lipinski definition) is 3. The van der Waals surface area contributed by atoms with Crippen molar-refractivity contribution in [2.75, 3.05) is 50.9 Å². The summed E-state index contributed by atoms with van der Waals surface area (Å²) in [7, 11) is 3.35. The van der Waals surface area contributed by atoms with Crippen LogP contribution in [0.1, 0.15) is 28.9 Å². The van der Waals surface area contributed by atoms with E-state index in [1.807, 2.05) is 49.4 Å². The van der Waals surface area contributed by atoms with Gasteiger partial charge in [-0.05, 0) is 24.6 Å². The second-order valence-electron chi connectivity index (χ2n) is 9.25. The maximum Gasteiger partial charge on any atom is 0.319 e. The van der Waals surface area contributed by atoms with Crippen LogP contribution in [0.4, 0.5) is 21.9 Å². The second-order valence-corrected chi connectivity index (χ2v) is 9.25. The fourth-order valence-electron chi connectivity index (χ4n) is 4.41. The molecule has 1 aliphatic rings. The predicted octanol–water partition coefficient (Wildman–Crippen LogP) is 2.90. The number of anilines is 3. The molecule has 1 fully saturated rings. The average molecular weight is 518 g/mol. The molecule has 38 heavy (non-hydrogen) atoms. The predicted molar refractivity (Wildman–Crippen MR) is 147 cm³/mol. The van der Waals surface area contributed by atoms with Crippen molar-refractivity contribution in [3.8, 4) is 5.75 Å². The lowest BCUT2D eigenvalue weighted by Gasteiger charge is -2.36. The lowest BCUT2D eigenvalue weighted by molar-refractivity contribution is 0.0647. The summed E-state index contributed by atoms with van der Waals surface area (Å²) in [6.07, 6.45) is 3.72. The summed E-state index contributed by atoms with van der Waals surface area (Å²) in [4.78, 5) is 55.0. The summed E-state index contributed by atoms with van der Waals surface area (Å²) < 4.78 is 0. The van der Waals surface area contributed by atoms with E-state index in [1.54, 1.807) is 30.0 Å². The van der Waals surface area contributed by atoms with Crippen LogP contribution in [0.5, 0.6) is 5.75 Å². The Morgan fingerprint density at radius 3 is 2.18 bits per heavy atom. The number of urea groups is 1. The van der Waals surface area contributed by atoms with Crippen LogP contribution < -0.4 is 21.5 Å². The van der Waals surface area contributed by atoms with E-state index in [4.69, 9.17) is 0 Å². The summed E-state index contributed by atoms with van der Waals surface area (Å²) in [5.74, 6) is -0.708. The van der Waals surface area contributed by atoms with Gasteiger partial charge in [-0.2, -0.15) is 0 Å². The molecule has 0 spiro atoms. The van der Waals surface area contributed by atoms with Gasteiger partial charge in [0.1, 0.15) is 11.4 Å². The highest BCUT2D eigenvalue weighted by molar-refractivity contribution is 5.99. The van der Waals surface area contributed by atoms with E-state index in [0.29, 0.717) is 26.2 Å². The van der Waals surface area contributed by atoms with Crippen molar-refractivity contribution in [2.24, 2.45) is 0 Å². The number of nitrogens with zero attached hydrogens (tertiary/aromatic N) is 3. The zero-order chi connectivity index (χ0) is 27.4. The zero-order valence-electron chi connectivity index (χ0n) is 21.6. The molecular formula is C28H31N5O5. The molecule has 10 heteroatoms. The monoisotopic (exact) mass is 517 g/mol. The van der Waals surface area contributed by atoms with E-state index in [2.05, 4.69) is 10.6 Å². The SMILES string of the molecule is C/C=C/[C@@H](Nc1c(Nc2cccc(C(=O)N3CCN(C(=O)N(C)C)CC3)c2O)c(=O)c1=O)c1ccccc1. The number of allylic oxidation sites excluding steroid dienone is 1. The number of phenols is 1. The number of carbonyl (C=O) groups is 2. The Hall–Kier alpha value is -4.60. The van der Waals surface area contributed by atoms with Crippen LogP contribution in [0.2, 0.25) is 0 Å². The van der Waals surface area contributed by atoms with Gasteiger partial charge in [-0.25, -0.2) is 4.79 Å². The number of para-hydroxylation sites is 1. The first-order valence-corrected chi connectivity index (χ1v) is 12.3. The molecule has 0 radical (unpaired) electrons. The lowest BCUT2D eigenvalue weighted by Crippen LogP contribution is -2.52. The maximum atomic E-state index is 13.2. The Labute approximate surface area is 220 Å². The Balaban J connectivity index is 1.52. The number of carbonyl (C=O) groups excluding carboxylic acids is 2. The summed E-state index contributed by atoms with van der Waals surface area (Å²) in [6, 6.07) is 13.6. The van der Waals surface area contributed by atoms with Gasteiger partial charge in [-0.1, -0.05) is 48.6 Å². The van der Waals surface area contributed by atoms with Crippen molar-refractivity contribution in [1.82, 2.24) is 14.7 Å². The number of nitrogens with one attached hydrogen (secondary N) is 2. The van der Waals surface area contributed by atoms with Gasteiger partial charge in [-0.3, -0.25) is 14.4 Å². The Bertz CT molecular complexity index is 1420. The molecule has 0 unspecified atom stereocenters. The standard InChI is InChI=1S/C28H31N5O5/c1-4-9-20(18-10-6-5-7-11-18)29-22-23(26(36)25(22)35)30-21-13-8-12-19(24(21)34)27(37)32-14-16-33(17-15-32)28(38)31(2)3/h4-13,20,29-30,34H,14-17H2,1-3H3/b9-4+/t20-/m1/s1. The number of hydrogen-bond acceptors (Lipinski definition) is 7. The molecular weight excluding hydrogens is 486 g/mol. The Morgan fingerprint density at radius 2 is 1.55 bits per heavy atom. The first-order chi connectivity index (χ1) is 18.2. The number of rotatable bonds is 7. The first kappa shape index (κ1) is 26.5. The van der Waals surface area contributed by atoms with Crippen molar-refractivity contribution in [3.05, 3.63) is 92.3 Å². The van der Waals surface area contributed by atoms with Crippen LogP contribution in [-0.4, -0.2) is 72.0 Å². The van der Waals surface area contributed by atoms with E-state index in [9.17, 15) is 24.3 Å². The van der Waals surface area contributed by atoms with E-state index in [1.165, 1.54) is 17.0 Å². The molecule has 1 atom stereocenters. The van der Waals surface area contributed by atoms with E-state index in [0.717, 1.165) is 5.56 Å². The highest BCUT2D eigenvalue weighted by Crippen LogP contribution is 2.33. The topological polar surface area (TPSA) is 122 Å². The Morgan fingerprint density at radius 1 is 0.921 bits per heavy atom. The second kappa shape index (κ2) is 11.2. The van der Waals surface area contributed by atoms with Gasteiger partial charge in [-0.15, -0.1) is 0 Å². The number of aromatic hydroxyl groups is 1. The molecule has 4 rings (SSSR count). The minimum Gasteiger partial charge on any atom is -0.505 e. The zero-order valence-corrected chi connectivity index (χ0v) is 21.6. The molecule has 0 aliphatic carbocycles. The van der Waals surface area contributed by atoms with Crippen molar-refractivity contribution < 1.29 is 14.7 Å². The molecule has 0 saturated carbocycles. The minimum atomic E-state index is -0.711. The fourth-order valence-corrected chi connectivity index (χ4v) is 4.41. The number of phenolic OH excluding ortho intramolecular Hbond substituents is 1. The van der Waals surface area contributed by atoms with Crippen LogP contribution >= 0.6 is 0 Å². The normalized spacial score (nSPS) is 14.5. The van der Waals surface area contributed by atoms with Crippen LogP contribution in [-0.2, 0) is 0 Å². The third-order valence-electron chi connectivity index (χ3n) is 6.50. The molecule has 10 nitrogen and oxygen atoms in total. The van der Waals surface area contributed by atoms with Gasteiger partial charge in [0.15, 0.2) is 5.75 Å². The molecule has 198 valence electrons. The van der Waals surface area contributed by atoms with Crippen LogP contribution in [0, 0.1) is 0 Å². The smallest absolute Gasteiger partial charge is 0.319 e. The summed E-state index contributed by atoms with van der Waals surface area (Å²) in [5.41, 5.74) is -0.128. The lowest BCUT2D eigenvalue weighted by atomic mass is 10.0. The van der Waals surface area contributed by atoms with Crippen molar-refractivity contribution >= 4 is 29.0 Å². The molecule has 0 aromatic heterocycles. The number of piperazine rings is 1. The average Bonchev–Trinajstić information content (AvgIpc) is 2.94. The molecule has 3 amide bonds. The third kappa shape index (κ3) is 5.24. The minimum absolute atomic E-state index is 0.0242. The Kier molecular flexibility index (Phi) is 7.80. The molecule has 1 heterocycles. The summed E-state index contributed by atoms with van der Waals surface area (Å²) in [5, 5.41) is 16.9. The molecule has 1 aliphatic heterocycles. The molecule has 0 bridgehead atoms. The van der Waals surface area contributed by atoms with E-state index in [-0.39, 0.29) is 46.4 Å². The first-order valence-electron chi connectivity index (χ1n) is 12.3. The van der Waals surface area contributed by atoms with Crippen LogP contribution in [0.15, 0.2) is 70.3 Å². The number of amides is 3.